The Kier molecular flexibility index (Phi) is 6.79. The molecule has 1 unspecified atom stereocenters. The number of rotatable bonds is 7. The summed E-state index contributed by atoms with van der Waals surface area (Å²) in [4.78, 5) is 12.1. The molecule has 4 N–H and O–H groups in total. The van der Waals surface area contributed by atoms with Gasteiger partial charge in [-0.05, 0) is 66.3 Å². The second-order valence-corrected chi connectivity index (χ2v) is 7.13. The quantitative estimate of drug-likeness (QED) is 0.389. The summed E-state index contributed by atoms with van der Waals surface area (Å²) in [6.07, 6.45) is 2.36. The van der Waals surface area contributed by atoms with E-state index in [-0.39, 0.29) is 11.8 Å². The number of nitrogens with two attached hydrogens (primary N) is 1. The van der Waals surface area contributed by atoms with Crippen molar-refractivity contribution in [2.24, 2.45) is 11.7 Å². The zero-order chi connectivity index (χ0) is 19.9. The van der Waals surface area contributed by atoms with E-state index >= 15 is 0 Å². The van der Waals surface area contributed by atoms with E-state index in [2.05, 4.69) is 5.32 Å². The highest BCUT2D eigenvalue weighted by atomic mass is 16.5. The smallest absolute Gasteiger partial charge is 0.337 e. The highest BCUT2D eigenvalue weighted by Crippen LogP contribution is 2.25. The maximum atomic E-state index is 12.1. The van der Waals surface area contributed by atoms with E-state index in [1.165, 1.54) is 20.0 Å². The lowest BCUT2D eigenvalue weighted by molar-refractivity contribution is 0.0599. The Morgan fingerprint density at radius 1 is 1.21 bits per heavy atom. The minimum Gasteiger partial charge on any atom is -0.465 e. The van der Waals surface area contributed by atoms with Crippen molar-refractivity contribution in [3.63, 3.8) is 0 Å². The molecular weight excluding hydrogens is 354 g/mol. The van der Waals surface area contributed by atoms with Crippen molar-refractivity contribution in [2.75, 3.05) is 26.8 Å². The van der Waals surface area contributed by atoms with Gasteiger partial charge in [0.15, 0.2) is 0 Å². The number of hydrogen-bond donors (Lipinski definition) is 3. The number of nitrogens with one attached hydrogen (secondary N) is 2. The summed E-state index contributed by atoms with van der Waals surface area (Å²) < 4.78 is 10.8. The number of carbonyl (C=O) groups excluding carboxylic acids is 1. The second kappa shape index (κ2) is 9.48. The number of hydrogen-bond acceptors (Lipinski definition) is 5. The Labute approximate surface area is 165 Å². The van der Waals surface area contributed by atoms with Gasteiger partial charge in [-0.15, -0.1) is 0 Å². The molecule has 0 aromatic heterocycles. The molecule has 6 nitrogen and oxygen atoms in total. The molecule has 1 aliphatic heterocycles. The van der Waals surface area contributed by atoms with Crippen LogP contribution in [-0.4, -0.2) is 38.6 Å². The Morgan fingerprint density at radius 2 is 2.04 bits per heavy atom. The molecule has 1 atom stereocenters. The van der Waals surface area contributed by atoms with Crippen LogP contribution in [0.1, 0.15) is 34.3 Å². The average molecular weight is 381 g/mol. The predicted octanol–water partition coefficient (Wildman–Crippen LogP) is 2.94. The van der Waals surface area contributed by atoms with Gasteiger partial charge in [0.05, 0.1) is 25.9 Å². The summed E-state index contributed by atoms with van der Waals surface area (Å²) in [5.74, 6) is 0.155. The third-order valence-electron chi connectivity index (χ3n) is 4.94. The fraction of sp³-hybridized carbons (Fsp3) is 0.364. The fourth-order valence-corrected chi connectivity index (χ4v) is 3.45. The van der Waals surface area contributed by atoms with Crippen LogP contribution in [0.25, 0.3) is 11.1 Å². The van der Waals surface area contributed by atoms with Gasteiger partial charge in [-0.3, -0.25) is 5.41 Å². The second-order valence-electron chi connectivity index (χ2n) is 7.13. The van der Waals surface area contributed by atoms with Crippen molar-refractivity contribution < 1.29 is 14.3 Å². The summed E-state index contributed by atoms with van der Waals surface area (Å²) in [6, 6.07) is 13.0. The number of methoxy groups -OCH3 is 1. The number of nitrogen functional groups attached to an aromatic ring is 1. The first-order valence-corrected chi connectivity index (χ1v) is 9.52. The summed E-state index contributed by atoms with van der Waals surface area (Å²) in [5.41, 5.74) is 9.39. The third kappa shape index (κ3) is 5.18. The van der Waals surface area contributed by atoms with Crippen LogP contribution in [0.5, 0.6) is 0 Å². The number of amidine groups is 1. The molecule has 28 heavy (non-hydrogen) atoms. The fourth-order valence-electron chi connectivity index (χ4n) is 3.45. The van der Waals surface area contributed by atoms with Crippen LogP contribution in [0, 0.1) is 11.3 Å². The molecule has 0 saturated carbocycles. The largest absolute Gasteiger partial charge is 0.465 e. The van der Waals surface area contributed by atoms with Crippen LogP contribution in [0.15, 0.2) is 42.5 Å². The van der Waals surface area contributed by atoms with Gasteiger partial charge >= 0.3 is 5.97 Å². The highest BCUT2D eigenvalue weighted by Gasteiger charge is 2.14. The van der Waals surface area contributed by atoms with Gasteiger partial charge in [0.25, 0.3) is 0 Å². The molecule has 0 amide bonds. The minimum atomic E-state index is -0.387. The van der Waals surface area contributed by atoms with Gasteiger partial charge < -0.3 is 20.5 Å². The van der Waals surface area contributed by atoms with Crippen LogP contribution in [0.3, 0.4) is 0 Å². The number of ether oxygens (including phenoxy) is 2. The molecule has 6 heteroatoms. The maximum absolute atomic E-state index is 12.1. The molecule has 1 aliphatic rings. The Hall–Kier alpha value is -2.70. The first-order valence-electron chi connectivity index (χ1n) is 9.52. The SMILES string of the molecule is COC(=O)c1cc(COCC2CCCNC2)cc(-c2cccc(C(=N)N)c2)c1. The number of esters is 1. The summed E-state index contributed by atoms with van der Waals surface area (Å²) in [5, 5.41) is 11.0. The molecule has 1 fully saturated rings. The molecular formula is C22H27N3O3. The molecule has 2 aromatic carbocycles. The molecule has 148 valence electrons. The van der Waals surface area contributed by atoms with E-state index in [1.54, 1.807) is 12.1 Å². The van der Waals surface area contributed by atoms with Crippen molar-refractivity contribution in [1.82, 2.24) is 5.32 Å². The van der Waals surface area contributed by atoms with E-state index in [0.717, 1.165) is 29.8 Å². The lowest BCUT2D eigenvalue weighted by Gasteiger charge is -2.22. The molecule has 0 bridgehead atoms. The highest BCUT2D eigenvalue weighted by molar-refractivity contribution is 5.96. The number of carbonyl (C=O) groups is 1. The van der Waals surface area contributed by atoms with Gasteiger partial charge in [0.1, 0.15) is 5.84 Å². The number of piperidine rings is 1. The molecule has 2 aromatic rings. The van der Waals surface area contributed by atoms with Crippen molar-refractivity contribution in [1.29, 1.82) is 5.41 Å². The van der Waals surface area contributed by atoms with Gasteiger partial charge in [-0.2, -0.15) is 0 Å². The van der Waals surface area contributed by atoms with Crippen LogP contribution in [0.4, 0.5) is 0 Å². The van der Waals surface area contributed by atoms with Crippen molar-refractivity contribution in [3.05, 3.63) is 59.2 Å². The average Bonchev–Trinajstić information content (AvgIpc) is 2.73. The van der Waals surface area contributed by atoms with Gasteiger partial charge in [0, 0.05) is 12.1 Å². The lowest BCUT2D eigenvalue weighted by atomic mass is 9.98. The van der Waals surface area contributed by atoms with Crippen LogP contribution >= 0.6 is 0 Å². The Bertz CT molecular complexity index is 845. The predicted molar refractivity (Wildman–Crippen MR) is 109 cm³/mol. The molecule has 0 radical (unpaired) electrons. The molecule has 0 aliphatic carbocycles. The van der Waals surface area contributed by atoms with E-state index in [4.69, 9.17) is 20.6 Å². The first-order chi connectivity index (χ1) is 13.6. The summed E-state index contributed by atoms with van der Waals surface area (Å²) in [6.45, 7) is 3.21. The van der Waals surface area contributed by atoms with E-state index in [0.29, 0.717) is 30.3 Å². The molecule has 0 spiro atoms. The number of benzene rings is 2. The van der Waals surface area contributed by atoms with Gasteiger partial charge in [-0.1, -0.05) is 18.2 Å². The van der Waals surface area contributed by atoms with E-state index < -0.39 is 0 Å². The van der Waals surface area contributed by atoms with Gasteiger partial charge in [0.2, 0.25) is 0 Å². The van der Waals surface area contributed by atoms with Crippen LogP contribution in [0.2, 0.25) is 0 Å². The minimum absolute atomic E-state index is 0.00983. The molecule has 1 heterocycles. The van der Waals surface area contributed by atoms with Crippen LogP contribution in [-0.2, 0) is 16.1 Å². The van der Waals surface area contributed by atoms with Crippen molar-refractivity contribution >= 4 is 11.8 Å². The maximum Gasteiger partial charge on any atom is 0.337 e. The van der Waals surface area contributed by atoms with Crippen molar-refractivity contribution in [2.45, 2.75) is 19.4 Å². The summed E-state index contributed by atoms with van der Waals surface area (Å²) >= 11 is 0. The zero-order valence-corrected chi connectivity index (χ0v) is 16.2. The third-order valence-corrected chi connectivity index (χ3v) is 4.94. The topological polar surface area (TPSA) is 97.4 Å². The first kappa shape index (κ1) is 20.0. The van der Waals surface area contributed by atoms with Crippen molar-refractivity contribution in [3.8, 4) is 11.1 Å². The van der Waals surface area contributed by atoms with E-state index in [1.807, 2.05) is 30.3 Å². The van der Waals surface area contributed by atoms with Gasteiger partial charge in [-0.25, -0.2) is 4.79 Å². The zero-order valence-electron chi connectivity index (χ0n) is 16.2. The Balaban J connectivity index is 1.81. The lowest BCUT2D eigenvalue weighted by Crippen LogP contribution is -2.32. The normalized spacial score (nSPS) is 16.5. The molecule has 1 saturated heterocycles. The molecule has 3 rings (SSSR count). The summed E-state index contributed by atoms with van der Waals surface area (Å²) in [7, 11) is 1.37. The van der Waals surface area contributed by atoms with E-state index in [9.17, 15) is 4.79 Å². The van der Waals surface area contributed by atoms with Crippen LogP contribution < -0.4 is 11.1 Å². The Morgan fingerprint density at radius 3 is 2.75 bits per heavy atom. The standard InChI is InChI=1S/C22H27N3O3/c1-27-22(26)20-9-16(14-28-13-15-4-3-7-25-12-15)8-19(11-20)17-5-2-6-18(10-17)21(23)24/h2,5-6,8-11,15,25H,3-4,7,12-14H2,1H3,(H3,23,24). The monoisotopic (exact) mass is 381 g/mol.